The monoisotopic (exact) mass is 407 g/mol. The van der Waals surface area contributed by atoms with Gasteiger partial charge in [-0.1, -0.05) is 60.7 Å². The molecule has 1 atom stereocenters. The molecule has 2 aromatic carbocycles. The molecule has 2 aliphatic heterocycles. The fourth-order valence-electron chi connectivity index (χ4n) is 4.81. The second kappa shape index (κ2) is 10.1. The Hall–Kier alpha value is -2.37. The minimum absolute atomic E-state index is 0.0510. The molecule has 0 spiro atoms. The average molecular weight is 408 g/mol. The van der Waals surface area contributed by atoms with Gasteiger partial charge in [-0.25, -0.2) is 4.79 Å². The lowest BCUT2D eigenvalue weighted by Gasteiger charge is -2.38. The van der Waals surface area contributed by atoms with Crippen LogP contribution >= 0.6 is 0 Å². The maximum absolute atomic E-state index is 12.7. The number of carbonyl (C=O) groups is 1. The molecular formula is C25H33N3O2. The minimum Gasteiger partial charge on any atom is -0.381 e. The van der Waals surface area contributed by atoms with Crippen molar-refractivity contribution in [1.82, 2.24) is 15.5 Å². The molecule has 0 aliphatic carbocycles. The van der Waals surface area contributed by atoms with Gasteiger partial charge in [0.05, 0.1) is 6.04 Å². The Morgan fingerprint density at radius 3 is 2.23 bits per heavy atom. The molecule has 0 radical (unpaired) electrons. The molecule has 4 rings (SSSR count). The van der Waals surface area contributed by atoms with Gasteiger partial charge in [0, 0.05) is 31.7 Å². The van der Waals surface area contributed by atoms with E-state index in [9.17, 15) is 4.79 Å². The van der Waals surface area contributed by atoms with Crippen molar-refractivity contribution < 1.29 is 9.53 Å². The Balaban J connectivity index is 1.37. The van der Waals surface area contributed by atoms with E-state index in [1.165, 1.54) is 24.0 Å². The van der Waals surface area contributed by atoms with Crippen LogP contribution in [0.1, 0.15) is 42.9 Å². The predicted octanol–water partition coefficient (Wildman–Crippen LogP) is 3.87. The fourth-order valence-corrected chi connectivity index (χ4v) is 4.81. The molecular weight excluding hydrogens is 374 g/mol. The smallest absolute Gasteiger partial charge is 0.314 e. The van der Waals surface area contributed by atoms with E-state index in [-0.39, 0.29) is 17.5 Å². The molecule has 2 heterocycles. The highest BCUT2D eigenvalue weighted by Crippen LogP contribution is 2.34. The molecule has 1 unspecified atom stereocenters. The molecule has 5 heteroatoms. The van der Waals surface area contributed by atoms with Crippen LogP contribution in [0.15, 0.2) is 60.7 Å². The third-order valence-corrected chi connectivity index (χ3v) is 6.65. The van der Waals surface area contributed by atoms with Gasteiger partial charge in [0.2, 0.25) is 0 Å². The molecule has 2 saturated heterocycles. The Bertz CT molecular complexity index is 785. The summed E-state index contributed by atoms with van der Waals surface area (Å²) >= 11 is 0. The maximum Gasteiger partial charge on any atom is 0.314 e. The van der Waals surface area contributed by atoms with Crippen LogP contribution in [0.5, 0.6) is 0 Å². The zero-order valence-corrected chi connectivity index (χ0v) is 17.7. The van der Waals surface area contributed by atoms with E-state index < -0.39 is 0 Å². The summed E-state index contributed by atoms with van der Waals surface area (Å²) in [5.74, 6) is 0. The van der Waals surface area contributed by atoms with Gasteiger partial charge in [0.1, 0.15) is 0 Å². The highest BCUT2D eigenvalue weighted by molar-refractivity contribution is 5.74. The Morgan fingerprint density at radius 1 is 0.933 bits per heavy atom. The van der Waals surface area contributed by atoms with E-state index in [2.05, 4.69) is 64.1 Å². The third-order valence-electron chi connectivity index (χ3n) is 6.65. The number of hydrogen-bond acceptors (Lipinski definition) is 3. The number of nitrogens with zero attached hydrogens (tertiary/aromatic N) is 1. The van der Waals surface area contributed by atoms with Crippen LogP contribution in [-0.2, 0) is 10.2 Å². The number of urea groups is 1. The van der Waals surface area contributed by atoms with E-state index in [0.29, 0.717) is 13.1 Å². The van der Waals surface area contributed by atoms with Crippen LogP contribution in [0.25, 0.3) is 0 Å². The summed E-state index contributed by atoms with van der Waals surface area (Å²) in [6, 6.07) is 21.2. The van der Waals surface area contributed by atoms with Crippen LogP contribution in [0.2, 0.25) is 0 Å². The molecule has 30 heavy (non-hydrogen) atoms. The normalized spacial score (nSPS) is 19.9. The lowest BCUT2D eigenvalue weighted by molar-refractivity contribution is 0.0506. The number of amides is 2. The van der Waals surface area contributed by atoms with Gasteiger partial charge < -0.3 is 15.4 Å². The first-order valence-electron chi connectivity index (χ1n) is 11.2. The molecule has 2 aromatic rings. The lowest BCUT2D eigenvalue weighted by Crippen LogP contribution is -2.48. The highest BCUT2D eigenvalue weighted by Gasteiger charge is 2.34. The van der Waals surface area contributed by atoms with Crippen molar-refractivity contribution >= 4 is 6.03 Å². The van der Waals surface area contributed by atoms with Crippen LogP contribution in [-0.4, -0.2) is 50.3 Å². The van der Waals surface area contributed by atoms with E-state index in [0.717, 1.165) is 39.1 Å². The van der Waals surface area contributed by atoms with Crippen molar-refractivity contribution in [2.45, 2.75) is 37.1 Å². The number of carbonyl (C=O) groups excluding carboxylic acids is 1. The van der Waals surface area contributed by atoms with E-state index in [4.69, 9.17) is 4.74 Å². The molecule has 2 amide bonds. The van der Waals surface area contributed by atoms with Crippen LogP contribution in [0.3, 0.4) is 0 Å². The number of benzene rings is 2. The summed E-state index contributed by atoms with van der Waals surface area (Å²) < 4.78 is 5.60. The van der Waals surface area contributed by atoms with Gasteiger partial charge in [-0.15, -0.1) is 0 Å². The SMILES string of the molecule is O=C(NCC(c1ccccc1)N1CCCC1)NCC1(c2ccccc2)CCOCC1. The minimum atomic E-state index is -0.0862. The number of likely N-dealkylation sites (tertiary alicyclic amines) is 1. The summed E-state index contributed by atoms with van der Waals surface area (Å²) in [5.41, 5.74) is 2.50. The van der Waals surface area contributed by atoms with Crippen molar-refractivity contribution in [3.63, 3.8) is 0 Å². The van der Waals surface area contributed by atoms with Gasteiger partial charge >= 0.3 is 6.03 Å². The van der Waals surface area contributed by atoms with Crippen LogP contribution in [0.4, 0.5) is 4.79 Å². The number of ether oxygens (including phenoxy) is 1. The first-order valence-corrected chi connectivity index (χ1v) is 11.2. The zero-order valence-electron chi connectivity index (χ0n) is 17.7. The Kier molecular flexibility index (Phi) is 7.03. The molecule has 0 aromatic heterocycles. The van der Waals surface area contributed by atoms with Crippen molar-refractivity contribution in [1.29, 1.82) is 0 Å². The topological polar surface area (TPSA) is 53.6 Å². The molecule has 2 fully saturated rings. The quantitative estimate of drug-likeness (QED) is 0.733. The van der Waals surface area contributed by atoms with Gasteiger partial charge in [-0.3, -0.25) is 4.90 Å². The molecule has 2 aliphatic rings. The van der Waals surface area contributed by atoms with Crippen molar-refractivity contribution in [2.24, 2.45) is 0 Å². The fraction of sp³-hybridized carbons (Fsp3) is 0.480. The first kappa shape index (κ1) is 20.9. The molecule has 0 bridgehead atoms. The van der Waals surface area contributed by atoms with E-state index >= 15 is 0 Å². The van der Waals surface area contributed by atoms with Gasteiger partial charge in [-0.2, -0.15) is 0 Å². The third kappa shape index (κ3) is 5.02. The second-order valence-electron chi connectivity index (χ2n) is 8.49. The lowest BCUT2D eigenvalue weighted by atomic mass is 9.74. The van der Waals surface area contributed by atoms with E-state index in [1.807, 2.05) is 12.1 Å². The molecule has 0 saturated carbocycles. The summed E-state index contributed by atoms with van der Waals surface area (Å²) in [6.45, 7) is 4.93. The average Bonchev–Trinajstić information content (AvgIpc) is 3.34. The number of rotatable bonds is 7. The second-order valence-corrected chi connectivity index (χ2v) is 8.49. The van der Waals surface area contributed by atoms with Crippen molar-refractivity contribution in [2.75, 3.05) is 39.4 Å². The van der Waals surface area contributed by atoms with E-state index in [1.54, 1.807) is 0 Å². The van der Waals surface area contributed by atoms with Gasteiger partial charge in [0.25, 0.3) is 0 Å². The highest BCUT2D eigenvalue weighted by atomic mass is 16.5. The largest absolute Gasteiger partial charge is 0.381 e. The predicted molar refractivity (Wildman–Crippen MR) is 120 cm³/mol. The summed E-state index contributed by atoms with van der Waals surface area (Å²) in [7, 11) is 0. The summed E-state index contributed by atoms with van der Waals surface area (Å²) in [5, 5.41) is 6.31. The first-order chi connectivity index (χ1) is 14.8. The number of hydrogen-bond donors (Lipinski definition) is 2. The van der Waals surface area contributed by atoms with Crippen molar-refractivity contribution in [3.8, 4) is 0 Å². The maximum atomic E-state index is 12.7. The molecule has 160 valence electrons. The Labute approximate surface area is 179 Å². The standard InChI is InChI=1S/C25H33N3O2/c29-24(26-19-23(28-15-7-8-16-28)21-9-3-1-4-10-21)27-20-25(13-17-30-18-14-25)22-11-5-2-6-12-22/h1-6,9-12,23H,7-8,13-20H2,(H2,26,27,29). The zero-order chi connectivity index (χ0) is 20.7. The number of nitrogens with one attached hydrogen (secondary N) is 2. The van der Waals surface area contributed by atoms with Gasteiger partial charge in [0.15, 0.2) is 0 Å². The van der Waals surface area contributed by atoms with Crippen molar-refractivity contribution in [3.05, 3.63) is 71.8 Å². The van der Waals surface area contributed by atoms with Gasteiger partial charge in [-0.05, 0) is 49.9 Å². The Morgan fingerprint density at radius 2 is 1.57 bits per heavy atom. The summed E-state index contributed by atoms with van der Waals surface area (Å²) in [6.07, 6.45) is 4.32. The molecule has 2 N–H and O–H groups in total. The summed E-state index contributed by atoms with van der Waals surface area (Å²) in [4.78, 5) is 15.2. The van der Waals surface area contributed by atoms with Crippen LogP contribution < -0.4 is 10.6 Å². The molecule has 5 nitrogen and oxygen atoms in total. The van der Waals surface area contributed by atoms with Crippen LogP contribution in [0, 0.1) is 0 Å².